The second-order valence-electron chi connectivity index (χ2n) is 5.61. The minimum atomic E-state index is -0.147. The molecule has 4 heteroatoms. The van der Waals surface area contributed by atoms with E-state index in [2.05, 4.69) is 19.2 Å². The number of nitrogens with one attached hydrogen (secondary N) is 1. The van der Waals surface area contributed by atoms with Crippen LogP contribution in [-0.4, -0.2) is 19.6 Å². The van der Waals surface area contributed by atoms with Crippen molar-refractivity contribution in [1.29, 1.82) is 0 Å². The molecule has 1 N–H and O–H groups in total. The van der Waals surface area contributed by atoms with Crippen molar-refractivity contribution in [2.75, 3.05) is 13.7 Å². The zero-order valence-corrected chi connectivity index (χ0v) is 13.8. The summed E-state index contributed by atoms with van der Waals surface area (Å²) in [5.74, 6) is 1.75. The third-order valence-corrected chi connectivity index (χ3v) is 3.52. The molecule has 0 aliphatic heterocycles. The molecule has 0 atom stereocenters. The number of hydrogen-bond acceptors (Lipinski definition) is 3. The van der Waals surface area contributed by atoms with Gasteiger partial charge in [0, 0.05) is 6.54 Å². The second-order valence-corrected chi connectivity index (χ2v) is 5.61. The predicted octanol–water partition coefficient (Wildman–Crippen LogP) is 3.51. The Kier molecular flexibility index (Phi) is 6.03. The maximum absolute atomic E-state index is 12.0. The van der Waals surface area contributed by atoms with Crippen molar-refractivity contribution in [2.45, 2.75) is 26.3 Å². The quantitative estimate of drug-likeness (QED) is 0.851. The predicted molar refractivity (Wildman–Crippen MR) is 90.9 cm³/mol. The van der Waals surface area contributed by atoms with Gasteiger partial charge in [0.1, 0.15) is 11.5 Å². The van der Waals surface area contributed by atoms with Crippen LogP contribution in [0.1, 0.15) is 30.9 Å². The maximum atomic E-state index is 12.0. The highest BCUT2D eigenvalue weighted by atomic mass is 16.5. The van der Waals surface area contributed by atoms with E-state index in [0.29, 0.717) is 12.5 Å². The minimum absolute atomic E-state index is 0.00764. The first-order valence-corrected chi connectivity index (χ1v) is 7.71. The zero-order chi connectivity index (χ0) is 16.7. The average Bonchev–Trinajstić information content (AvgIpc) is 2.58. The molecule has 0 saturated heterocycles. The first kappa shape index (κ1) is 16.9. The lowest BCUT2D eigenvalue weighted by atomic mass is 10.0. The molecular formula is C19H23NO3. The van der Waals surface area contributed by atoms with Crippen LogP contribution in [0.4, 0.5) is 0 Å². The van der Waals surface area contributed by atoms with Gasteiger partial charge < -0.3 is 14.8 Å². The Hall–Kier alpha value is -2.49. The molecule has 0 heterocycles. The lowest BCUT2D eigenvalue weighted by Gasteiger charge is -2.13. The number of carbonyl (C=O) groups is 1. The SMILES string of the molecule is COc1cccc(CNC(=O)COc2ccccc2C(C)C)c1. The monoisotopic (exact) mass is 313 g/mol. The number of hydrogen-bond donors (Lipinski definition) is 1. The molecule has 2 aromatic carbocycles. The normalized spacial score (nSPS) is 10.4. The van der Waals surface area contributed by atoms with E-state index < -0.39 is 0 Å². The summed E-state index contributed by atoms with van der Waals surface area (Å²) in [6.45, 7) is 4.66. The van der Waals surface area contributed by atoms with E-state index in [1.165, 1.54) is 0 Å². The maximum Gasteiger partial charge on any atom is 0.258 e. The van der Waals surface area contributed by atoms with Crippen LogP contribution in [0, 0.1) is 0 Å². The van der Waals surface area contributed by atoms with Crippen LogP contribution in [0.3, 0.4) is 0 Å². The summed E-state index contributed by atoms with van der Waals surface area (Å²) in [7, 11) is 1.62. The van der Waals surface area contributed by atoms with Crippen molar-refractivity contribution < 1.29 is 14.3 Å². The molecule has 0 aliphatic carbocycles. The molecule has 0 aliphatic rings. The fraction of sp³-hybridized carbons (Fsp3) is 0.316. The van der Waals surface area contributed by atoms with Gasteiger partial charge in [-0.2, -0.15) is 0 Å². The largest absolute Gasteiger partial charge is 0.497 e. The summed E-state index contributed by atoms with van der Waals surface area (Å²) in [4.78, 5) is 12.0. The number of amides is 1. The van der Waals surface area contributed by atoms with E-state index in [-0.39, 0.29) is 12.5 Å². The highest BCUT2D eigenvalue weighted by Gasteiger charge is 2.09. The molecule has 2 rings (SSSR count). The second kappa shape index (κ2) is 8.22. The van der Waals surface area contributed by atoms with Crippen LogP contribution in [-0.2, 0) is 11.3 Å². The Bertz CT molecular complexity index is 653. The Balaban J connectivity index is 1.86. The van der Waals surface area contributed by atoms with Crippen LogP contribution in [0.5, 0.6) is 11.5 Å². The molecule has 0 bridgehead atoms. The summed E-state index contributed by atoms with van der Waals surface area (Å²) in [6, 6.07) is 15.4. The van der Waals surface area contributed by atoms with Crippen molar-refractivity contribution in [3.63, 3.8) is 0 Å². The van der Waals surface area contributed by atoms with E-state index in [0.717, 1.165) is 22.6 Å². The molecule has 122 valence electrons. The van der Waals surface area contributed by atoms with Gasteiger partial charge in [0.15, 0.2) is 6.61 Å². The summed E-state index contributed by atoms with van der Waals surface area (Å²) in [5, 5.41) is 2.85. The highest BCUT2D eigenvalue weighted by Crippen LogP contribution is 2.25. The van der Waals surface area contributed by atoms with E-state index >= 15 is 0 Å². The third kappa shape index (κ3) is 5.02. The van der Waals surface area contributed by atoms with E-state index in [1.807, 2.05) is 48.5 Å². The molecule has 0 radical (unpaired) electrons. The van der Waals surface area contributed by atoms with E-state index in [1.54, 1.807) is 7.11 Å². The Morgan fingerprint density at radius 2 is 1.91 bits per heavy atom. The number of ether oxygens (including phenoxy) is 2. The zero-order valence-electron chi connectivity index (χ0n) is 13.8. The minimum Gasteiger partial charge on any atom is -0.497 e. The van der Waals surface area contributed by atoms with Gasteiger partial charge in [-0.15, -0.1) is 0 Å². The Morgan fingerprint density at radius 1 is 1.13 bits per heavy atom. The van der Waals surface area contributed by atoms with Gasteiger partial charge in [-0.25, -0.2) is 0 Å². The topological polar surface area (TPSA) is 47.6 Å². The van der Waals surface area contributed by atoms with Crippen LogP contribution < -0.4 is 14.8 Å². The third-order valence-electron chi connectivity index (χ3n) is 3.52. The number of rotatable bonds is 7. The van der Waals surface area contributed by atoms with Gasteiger partial charge in [-0.3, -0.25) is 4.79 Å². The standard InChI is InChI=1S/C19H23NO3/c1-14(2)17-9-4-5-10-18(17)23-13-19(21)20-12-15-7-6-8-16(11-15)22-3/h4-11,14H,12-13H2,1-3H3,(H,20,21). The lowest BCUT2D eigenvalue weighted by molar-refractivity contribution is -0.123. The lowest BCUT2D eigenvalue weighted by Crippen LogP contribution is -2.28. The van der Waals surface area contributed by atoms with Crippen LogP contribution in [0.15, 0.2) is 48.5 Å². The number of carbonyl (C=O) groups excluding carboxylic acids is 1. The molecule has 0 unspecified atom stereocenters. The molecule has 23 heavy (non-hydrogen) atoms. The Morgan fingerprint density at radius 3 is 2.65 bits per heavy atom. The fourth-order valence-electron chi connectivity index (χ4n) is 2.27. The smallest absolute Gasteiger partial charge is 0.258 e. The van der Waals surface area contributed by atoms with E-state index in [9.17, 15) is 4.79 Å². The molecule has 0 spiro atoms. The van der Waals surface area contributed by atoms with Crippen LogP contribution >= 0.6 is 0 Å². The van der Waals surface area contributed by atoms with Gasteiger partial charge in [0.2, 0.25) is 0 Å². The van der Waals surface area contributed by atoms with Crippen molar-refractivity contribution in [2.24, 2.45) is 0 Å². The van der Waals surface area contributed by atoms with Crippen molar-refractivity contribution in [3.8, 4) is 11.5 Å². The first-order chi connectivity index (χ1) is 11.1. The molecule has 0 fully saturated rings. The molecule has 1 amide bonds. The summed E-state index contributed by atoms with van der Waals surface area (Å²) >= 11 is 0. The molecule has 0 aromatic heterocycles. The van der Waals surface area contributed by atoms with Gasteiger partial charge in [-0.05, 0) is 35.2 Å². The van der Waals surface area contributed by atoms with Crippen molar-refractivity contribution >= 4 is 5.91 Å². The van der Waals surface area contributed by atoms with E-state index in [4.69, 9.17) is 9.47 Å². The average molecular weight is 313 g/mol. The number of para-hydroxylation sites is 1. The van der Waals surface area contributed by atoms with Gasteiger partial charge in [0.05, 0.1) is 7.11 Å². The first-order valence-electron chi connectivity index (χ1n) is 7.71. The fourth-order valence-corrected chi connectivity index (χ4v) is 2.27. The molecule has 2 aromatic rings. The van der Waals surface area contributed by atoms with Gasteiger partial charge in [0.25, 0.3) is 5.91 Å². The van der Waals surface area contributed by atoms with Crippen LogP contribution in [0.25, 0.3) is 0 Å². The number of methoxy groups -OCH3 is 1. The summed E-state index contributed by atoms with van der Waals surface area (Å²) in [5.41, 5.74) is 2.09. The van der Waals surface area contributed by atoms with Crippen molar-refractivity contribution in [3.05, 3.63) is 59.7 Å². The number of benzene rings is 2. The molecule has 0 saturated carbocycles. The molecule has 4 nitrogen and oxygen atoms in total. The van der Waals surface area contributed by atoms with Crippen molar-refractivity contribution in [1.82, 2.24) is 5.32 Å². The Labute approximate surface area is 137 Å². The van der Waals surface area contributed by atoms with Gasteiger partial charge in [-0.1, -0.05) is 44.2 Å². The van der Waals surface area contributed by atoms with Crippen LogP contribution in [0.2, 0.25) is 0 Å². The summed E-state index contributed by atoms with van der Waals surface area (Å²) < 4.78 is 10.8. The molecular weight excluding hydrogens is 290 g/mol. The van der Waals surface area contributed by atoms with Gasteiger partial charge >= 0.3 is 0 Å². The highest BCUT2D eigenvalue weighted by molar-refractivity contribution is 5.77. The summed E-state index contributed by atoms with van der Waals surface area (Å²) in [6.07, 6.45) is 0.